The second-order valence-electron chi connectivity index (χ2n) is 4.08. The molecule has 0 unspecified atom stereocenters. The van der Waals surface area contributed by atoms with Gasteiger partial charge in [0.1, 0.15) is 0 Å². The van der Waals surface area contributed by atoms with Gasteiger partial charge in [0.15, 0.2) is 11.5 Å². The molecule has 0 aromatic heterocycles. The fourth-order valence-electron chi connectivity index (χ4n) is 1.68. The van der Waals surface area contributed by atoms with Crippen LogP contribution in [0, 0.1) is 12.3 Å². The zero-order valence-electron chi connectivity index (χ0n) is 11.5. The minimum absolute atomic E-state index is 0.468. The van der Waals surface area contributed by atoms with Crippen molar-refractivity contribution in [1.82, 2.24) is 5.32 Å². The zero-order chi connectivity index (χ0) is 14.1. The van der Waals surface area contributed by atoms with Gasteiger partial charge in [0.05, 0.1) is 13.7 Å². The normalized spacial score (nSPS) is 10.0. The summed E-state index contributed by atoms with van der Waals surface area (Å²) in [6.45, 7) is 4.22. The van der Waals surface area contributed by atoms with Gasteiger partial charge in [0.25, 0.3) is 0 Å². The smallest absolute Gasteiger partial charge is 0.165 e. The predicted octanol–water partition coefficient (Wildman–Crippen LogP) is 3.25. The quantitative estimate of drug-likeness (QED) is 0.586. The van der Waals surface area contributed by atoms with Crippen molar-refractivity contribution in [2.24, 2.45) is 0 Å². The van der Waals surface area contributed by atoms with E-state index in [4.69, 9.17) is 27.5 Å². The number of hydrogen-bond donors (Lipinski definition) is 1. The Labute approximate surface area is 120 Å². The van der Waals surface area contributed by atoms with E-state index in [2.05, 4.69) is 18.2 Å². The molecule has 19 heavy (non-hydrogen) atoms. The van der Waals surface area contributed by atoms with E-state index in [0.717, 1.165) is 18.5 Å². The van der Waals surface area contributed by atoms with E-state index >= 15 is 0 Å². The van der Waals surface area contributed by atoms with Gasteiger partial charge in [0.2, 0.25) is 0 Å². The van der Waals surface area contributed by atoms with E-state index in [1.807, 2.05) is 6.07 Å². The van der Waals surface area contributed by atoms with Crippen LogP contribution in [-0.2, 0) is 6.54 Å². The van der Waals surface area contributed by atoms with Crippen molar-refractivity contribution in [3.05, 3.63) is 22.7 Å². The Bertz CT molecular complexity index is 441. The van der Waals surface area contributed by atoms with Gasteiger partial charge in [-0.15, -0.1) is 12.3 Å². The molecule has 1 aromatic carbocycles. The lowest BCUT2D eigenvalue weighted by Crippen LogP contribution is -2.15. The van der Waals surface area contributed by atoms with Gasteiger partial charge in [0, 0.05) is 29.6 Å². The van der Waals surface area contributed by atoms with E-state index in [1.54, 1.807) is 13.2 Å². The Morgan fingerprint density at radius 3 is 2.84 bits per heavy atom. The van der Waals surface area contributed by atoms with Crippen LogP contribution < -0.4 is 14.8 Å². The number of methoxy groups -OCH3 is 1. The van der Waals surface area contributed by atoms with Crippen molar-refractivity contribution >= 4 is 11.6 Å². The van der Waals surface area contributed by atoms with Crippen molar-refractivity contribution in [3.8, 4) is 23.8 Å². The number of ether oxygens (including phenoxy) is 2. The number of halogens is 1. The maximum atomic E-state index is 6.08. The summed E-state index contributed by atoms with van der Waals surface area (Å²) in [7, 11) is 1.60. The Morgan fingerprint density at radius 2 is 2.21 bits per heavy atom. The van der Waals surface area contributed by atoms with E-state index in [9.17, 15) is 0 Å². The molecule has 0 aliphatic rings. The largest absolute Gasteiger partial charge is 0.493 e. The topological polar surface area (TPSA) is 30.5 Å². The molecule has 0 aliphatic heterocycles. The molecule has 0 fully saturated rings. The molecule has 104 valence electrons. The standard InChI is InChI=1S/C15H20ClNO2/c1-4-6-8-19-15-12(11-17-7-5-2)9-13(16)10-14(15)18-3/h1,9-10,17H,5-8,11H2,2-3H3. The van der Waals surface area contributed by atoms with Gasteiger partial charge in [-0.1, -0.05) is 18.5 Å². The molecule has 1 rings (SSSR count). The van der Waals surface area contributed by atoms with Gasteiger partial charge >= 0.3 is 0 Å². The van der Waals surface area contributed by atoms with E-state index in [-0.39, 0.29) is 0 Å². The van der Waals surface area contributed by atoms with Crippen LogP contribution in [-0.4, -0.2) is 20.3 Å². The molecule has 4 heteroatoms. The van der Waals surface area contributed by atoms with Crippen LogP contribution in [0.4, 0.5) is 0 Å². The molecule has 0 spiro atoms. The maximum Gasteiger partial charge on any atom is 0.165 e. The van der Waals surface area contributed by atoms with Gasteiger partial charge in [-0.25, -0.2) is 0 Å². The Morgan fingerprint density at radius 1 is 1.42 bits per heavy atom. The summed E-state index contributed by atoms with van der Waals surface area (Å²) in [4.78, 5) is 0. The fraction of sp³-hybridized carbons (Fsp3) is 0.467. The third-order valence-electron chi connectivity index (χ3n) is 2.55. The minimum atomic E-state index is 0.468. The number of nitrogens with one attached hydrogen (secondary N) is 1. The van der Waals surface area contributed by atoms with Gasteiger partial charge in [-0.2, -0.15) is 0 Å². The number of terminal acetylenes is 1. The molecule has 0 bridgehead atoms. The summed E-state index contributed by atoms with van der Waals surface area (Å²) in [5, 5.41) is 3.96. The maximum absolute atomic E-state index is 6.08. The lowest BCUT2D eigenvalue weighted by atomic mass is 10.1. The van der Waals surface area contributed by atoms with Gasteiger partial charge < -0.3 is 14.8 Å². The van der Waals surface area contributed by atoms with Crippen molar-refractivity contribution < 1.29 is 9.47 Å². The third-order valence-corrected chi connectivity index (χ3v) is 2.77. The number of hydrogen-bond acceptors (Lipinski definition) is 3. The molecular weight excluding hydrogens is 262 g/mol. The minimum Gasteiger partial charge on any atom is -0.493 e. The summed E-state index contributed by atoms with van der Waals surface area (Å²) in [5.74, 6) is 3.90. The van der Waals surface area contributed by atoms with Crippen LogP contribution >= 0.6 is 11.6 Å². The highest BCUT2D eigenvalue weighted by Gasteiger charge is 2.12. The number of benzene rings is 1. The lowest BCUT2D eigenvalue weighted by Gasteiger charge is -2.15. The summed E-state index contributed by atoms with van der Waals surface area (Å²) in [5.41, 5.74) is 0.981. The van der Waals surface area contributed by atoms with E-state index in [0.29, 0.717) is 36.1 Å². The van der Waals surface area contributed by atoms with Crippen LogP contribution in [0.5, 0.6) is 11.5 Å². The first kappa shape index (κ1) is 15.7. The van der Waals surface area contributed by atoms with Gasteiger partial charge in [-0.05, 0) is 19.0 Å². The average Bonchev–Trinajstić information content (AvgIpc) is 2.41. The van der Waals surface area contributed by atoms with Crippen molar-refractivity contribution in [2.75, 3.05) is 20.3 Å². The highest BCUT2D eigenvalue weighted by molar-refractivity contribution is 6.30. The van der Waals surface area contributed by atoms with E-state index < -0.39 is 0 Å². The first-order valence-corrected chi connectivity index (χ1v) is 6.74. The fourth-order valence-corrected chi connectivity index (χ4v) is 1.91. The summed E-state index contributed by atoms with van der Waals surface area (Å²) in [6, 6.07) is 3.63. The monoisotopic (exact) mass is 281 g/mol. The molecule has 0 radical (unpaired) electrons. The van der Waals surface area contributed by atoms with Crippen LogP contribution in [0.15, 0.2) is 12.1 Å². The van der Waals surface area contributed by atoms with Crippen molar-refractivity contribution in [3.63, 3.8) is 0 Å². The zero-order valence-corrected chi connectivity index (χ0v) is 12.2. The molecule has 1 aromatic rings. The second-order valence-corrected chi connectivity index (χ2v) is 4.51. The summed E-state index contributed by atoms with van der Waals surface area (Å²) < 4.78 is 11.0. The van der Waals surface area contributed by atoms with Gasteiger partial charge in [-0.3, -0.25) is 0 Å². The average molecular weight is 282 g/mol. The van der Waals surface area contributed by atoms with Crippen molar-refractivity contribution in [1.29, 1.82) is 0 Å². The third kappa shape index (κ3) is 5.02. The van der Waals surface area contributed by atoms with Crippen LogP contribution in [0.1, 0.15) is 25.3 Å². The summed E-state index contributed by atoms with van der Waals surface area (Å²) >= 11 is 6.08. The Hall–Kier alpha value is -1.37. The molecule has 0 aliphatic carbocycles. The molecule has 0 atom stereocenters. The molecular formula is C15H20ClNO2. The van der Waals surface area contributed by atoms with Crippen LogP contribution in [0.25, 0.3) is 0 Å². The van der Waals surface area contributed by atoms with Crippen molar-refractivity contribution in [2.45, 2.75) is 26.3 Å². The first-order chi connectivity index (χ1) is 9.22. The van der Waals surface area contributed by atoms with E-state index in [1.165, 1.54) is 0 Å². The summed E-state index contributed by atoms with van der Waals surface area (Å²) in [6.07, 6.45) is 6.87. The first-order valence-electron chi connectivity index (χ1n) is 6.36. The molecule has 3 nitrogen and oxygen atoms in total. The number of rotatable bonds is 8. The van der Waals surface area contributed by atoms with Crippen LogP contribution in [0.2, 0.25) is 5.02 Å². The highest BCUT2D eigenvalue weighted by atomic mass is 35.5. The lowest BCUT2D eigenvalue weighted by molar-refractivity contribution is 0.297. The highest BCUT2D eigenvalue weighted by Crippen LogP contribution is 2.34. The predicted molar refractivity (Wildman–Crippen MR) is 78.9 cm³/mol. The molecule has 0 saturated carbocycles. The second kappa shape index (κ2) is 8.68. The SMILES string of the molecule is C#CCCOc1c(CNCCC)cc(Cl)cc1OC. The molecule has 1 N–H and O–H groups in total. The Kier molecular flexibility index (Phi) is 7.17. The molecule has 0 saturated heterocycles. The van der Waals surface area contributed by atoms with Crippen LogP contribution in [0.3, 0.4) is 0 Å². The Balaban J connectivity index is 2.90. The molecule has 0 amide bonds. The molecule has 0 heterocycles.